The highest BCUT2D eigenvalue weighted by molar-refractivity contribution is 6.99. The molecule has 0 saturated carbocycles. The third-order valence-corrected chi connectivity index (χ3v) is 12.4. The second-order valence-electron chi connectivity index (χ2n) is 10.7. The molecule has 208 valence electrons. The van der Waals surface area contributed by atoms with E-state index >= 15 is 0 Å². The van der Waals surface area contributed by atoms with Gasteiger partial charge in [0.1, 0.15) is 6.10 Å². The number of nitrogens with zero attached hydrogens (tertiary/aromatic N) is 6. The summed E-state index contributed by atoms with van der Waals surface area (Å²) in [6.07, 6.45) is -0.721. The number of nitrogen functional groups attached to an aromatic ring is 1. The Hall–Kier alpha value is -4.00. The summed E-state index contributed by atoms with van der Waals surface area (Å²) in [6, 6.07) is 19.8. The van der Waals surface area contributed by atoms with Gasteiger partial charge in [-0.15, -0.1) is 0 Å². The van der Waals surface area contributed by atoms with Crippen LogP contribution in [-0.2, 0) is 13.9 Å². The summed E-state index contributed by atoms with van der Waals surface area (Å²) in [5.41, 5.74) is 15.1. The van der Waals surface area contributed by atoms with E-state index in [4.69, 9.17) is 19.6 Å². The van der Waals surface area contributed by atoms with Crippen LogP contribution < -0.4 is 21.7 Å². The molecule has 1 fully saturated rings. The van der Waals surface area contributed by atoms with Crippen molar-refractivity contribution in [3.8, 4) is 0 Å². The first kappa shape index (κ1) is 27.6. The highest BCUT2D eigenvalue weighted by Gasteiger charge is 2.52. The number of nitrogens with one attached hydrogen (secondary N) is 1. The van der Waals surface area contributed by atoms with Crippen LogP contribution in [0.15, 0.2) is 76.9 Å². The third-order valence-electron chi connectivity index (χ3n) is 7.38. The SMILES string of the molecule is CO[C@H]1C(N=[N+]=[N-])[C@@H](CO[Si](c2ccccc2)(c2ccccc2)C(C)(C)C)O[C@H]1n1cnc2c(=O)[nH]c(N)nc21. The molecule has 4 atom stereocenters. The number of azide groups is 1. The van der Waals surface area contributed by atoms with Crippen LogP contribution in [0, 0.1) is 0 Å². The number of benzene rings is 2. The summed E-state index contributed by atoms with van der Waals surface area (Å²) < 4.78 is 20.9. The highest BCUT2D eigenvalue weighted by Crippen LogP contribution is 2.39. The first-order valence-corrected chi connectivity index (χ1v) is 14.8. The molecule has 1 unspecified atom stereocenters. The predicted molar refractivity (Wildman–Crippen MR) is 154 cm³/mol. The molecular formula is C27H32N8O4Si. The Bertz CT molecular complexity index is 1540. The van der Waals surface area contributed by atoms with Gasteiger partial charge in [0, 0.05) is 12.0 Å². The Morgan fingerprint density at radius 2 is 1.77 bits per heavy atom. The minimum Gasteiger partial charge on any atom is -0.405 e. The molecule has 2 aromatic carbocycles. The van der Waals surface area contributed by atoms with E-state index in [1.54, 1.807) is 4.57 Å². The number of nitrogens with two attached hydrogens (primary N) is 1. The molecule has 3 N–H and O–H groups in total. The fourth-order valence-corrected chi connectivity index (χ4v) is 10.2. The van der Waals surface area contributed by atoms with Crippen LogP contribution in [0.5, 0.6) is 0 Å². The Labute approximate surface area is 231 Å². The standard InChI is InChI=1S/C27H32N8O4Si/c1-27(2,3)40(17-11-7-5-8-12-17,18-13-9-6-10-14-18)38-15-19-20(33-34-29)22(37-4)25(39-19)35-16-30-21-23(35)31-26(28)32-24(21)36/h5-14,16,19-20,22,25H,15H2,1-4H3,(H3,28,31,32,36)/t19-,20?,22+,25-/m1/s1. The maximum Gasteiger partial charge on any atom is 0.280 e. The number of rotatable bonds is 8. The van der Waals surface area contributed by atoms with Crippen molar-refractivity contribution in [2.24, 2.45) is 5.11 Å². The van der Waals surface area contributed by atoms with E-state index < -0.39 is 38.4 Å². The van der Waals surface area contributed by atoms with Crippen molar-refractivity contribution in [1.82, 2.24) is 19.5 Å². The molecule has 3 heterocycles. The lowest BCUT2D eigenvalue weighted by molar-refractivity contribution is -0.0567. The van der Waals surface area contributed by atoms with Gasteiger partial charge in [-0.25, -0.2) is 4.98 Å². The maximum atomic E-state index is 12.4. The molecule has 13 heteroatoms. The summed E-state index contributed by atoms with van der Waals surface area (Å²) in [7, 11) is -1.38. The van der Waals surface area contributed by atoms with E-state index in [1.807, 2.05) is 36.4 Å². The van der Waals surface area contributed by atoms with Crippen molar-refractivity contribution in [1.29, 1.82) is 0 Å². The molecule has 1 saturated heterocycles. The van der Waals surface area contributed by atoms with E-state index in [9.17, 15) is 10.3 Å². The monoisotopic (exact) mass is 560 g/mol. The van der Waals surface area contributed by atoms with E-state index in [-0.39, 0.29) is 28.8 Å². The van der Waals surface area contributed by atoms with Crippen LogP contribution in [0.4, 0.5) is 5.95 Å². The quantitative estimate of drug-likeness (QED) is 0.145. The molecule has 2 aromatic heterocycles. The lowest BCUT2D eigenvalue weighted by Crippen LogP contribution is -2.67. The summed E-state index contributed by atoms with van der Waals surface area (Å²) in [6.45, 7) is 6.69. The van der Waals surface area contributed by atoms with Crippen LogP contribution in [0.3, 0.4) is 0 Å². The number of hydrogen-bond acceptors (Lipinski definition) is 8. The van der Waals surface area contributed by atoms with Gasteiger partial charge >= 0.3 is 0 Å². The zero-order valence-corrected chi connectivity index (χ0v) is 23.8. The fraction of sp³-hybridized carbons (Fsp3) is 0.370. The van der Waals surface area contributed by atoms with Crippen LogP contribution in [-0.4, -0.2) is 59.8 Å². The predicted octanol–water partition coefficient (Wildman–Crippen LogP) is 2.87. The van der Waals surface area contributed by atoms with Gasteiger partial charge in [-0.1, -0.05) is 86.5 Å². The van der Waals surface area contributed by atoms with Gasteiger partial charge in [-0.05, 0) is 20.9 Å². The molecule has 0 radical (unpaired) electrons. The number of hydrogen-bond donors (Lipinski definition) is 2. The average molecular weight is 561 g/mol. The number of aromatic nitrogens is 4. The number of imidazole rings is 1. The van der Waals surface area contributed by atoms with Crippen molar-refractivity contribution in [2.75, 3.05) is 19.5 Å². The Kier molecular flexibility index (Phi) is 7.49. The largest absolute Gasteiger partial charge is 0.405 e. The van der Waals surface area contributed by atoms with Gasteiger partial charge in [0.2, 0.25) is 5.95 Å². The first-order chi connectivity index (χ1) is 19.2. The third kappa shape index (κ3) is 4.67. The minimum atomic E-state index is -2.90. The zero-order valence-electron chi connectivity index (χ0n) is 22.8. The van der Waals surface area contributed by atoms with Crippen LogP contribution in [0.25, 0.3) is 21.6 Å². The van der Waals surface area contributed by atoms with Crippen LogP contribution in [0.1, 0.15) is 27.0 Å². The molecule has 40 heavy (non-hydrogen) atoms. The van der Waals surface area contributed by atoms with Gasteiger partial charge in [-0.2, -0.15) is 4.98 Å². The maximum absolute atomic E-state index is 12.4. The van der Waals surface area contributed by atoms with Crippen LogP contribution in [0.2, 0.25) is 5.04 Å². The number of anilines is 1. The van der Waals surface area contributed by atoms with Crippen LogP contribution >= 0.6 is 0 Å². The average Bonchev–Trinajstić information content (AvgIpc) is 3.51. The Morgan fingerprint density at radius 1 is 1.15 bits per heavy atom. The molecule has 0 amide bonds. The van der Waals surface area contributed by atoms with E-state index in [0.717, 1.165) is 10.4 Å². The molecule has 0 spiro atoms. The second-order valence-corrected chi connectivity index (χ2v) is 15.0. The van der Waals surface area contributed by atoms with E-state index in [0.29, 0.717) is 0 Å². The zero-order chi connectivity index (χ0) is 28.5. The molecular weight excluding hydrogens is 528 g/mol. The number of fused-ring (bicyclic) bond motifs is 1. The molecule has 1 aliphatic heterocycles. The number of H-pyrrole nitrogens is 1. The normalized spacial score (nSPS) is 21.4. The van der Waals surface area contributed by atoms with Gasteiger partial charge in [0.15, 0.2) is 17.4 Å². The van der Waals surface area contributed by atoms with E-state index in [2.05, 4.69) is 70.0 Å². The number of methoxy groups -OCH3 is 1. The topological polar surface area (TPSA) is 166 Å². The molecule has 0 bridgehead atoms. The van der Waals surface area contributed by atoms with Gasteiger partial charge in [0.25, 0.3) is 13.9 Å². The summed E-state index contributed by atoms with van der Waals surface area (Å²) in [4.78, 5) is 26.4. The molecule has 12 nitrogen and oxygen atoms in total. The molecule has 5 rings (SSSR count). The van der Waals surface area contributed by atoms with Gasteiger partial charge < -0.3 is 19.6 Å². The highest BCUT2D eigenvalue weighted by atomic mass is 28.4. The van der Waals surface area contributed by atoms with Crippen molar-refractivity contribution in [3.63, 3.8) is 0 Å². The molecule has 4 aromatic rings. The lowest BCUT2D eigenvalue weighted by atomic mass is 10.1. The van der Waals surface area contributed by atoms with E-state index in [1.165, 1.54) is 13.4 Å². The first-order valence-electron chi connectivity index (χ1n) is 12.9. The molecule has 1 aliphatic rings. The number of ether oxygens (including phenoxy) is 2. The van der Waals surface area contributed by atoms with Crippen molar-refractivity contribution < 1.29 is 13.9 Å². The van der Waals surface area contributed by atoms with Gasteiger partial charge in [-0.3, -0.25) is 14.3 Å². The second kappa shape index (κ2) is 10.9. The fourth-order valence-electron chi connectivity index (χ4n) is 5.63. The van der Waals surface area contributed by atoms with Crippen molar-refractivity contribution >= 4 is 35.8 Å². The molecule has 0 aliphatic carbocycles. The summed E-state index contributed by atoms with van der Waals surface area (Å²) >= 11 is 0. The number of aromatic amines is 1. The van der Waals surface area contributed by atoms with Gasteiger partial charge in [0.05, 0.1) is 25.1 Å². The smallest absolute Gasteiger partial charge is 0.280 e. The van der Waals surface area contributed by atoms with Crippen molar-refractivity contribution in [2.45, 2.75) is 50.3 Å². The lowest BCUT2D eigenvalue weighted by Gasteiger charge is -2.43. The summed E-state index contributed by atoms with van der Waals surface area (Å²) in [5.74, 6) is -0.0515. The summed E-state index contributed by atoms with van der Waals surface area (Å²) in [5, 5.41) is 6.04. The Balaban J connectivity index is 1.56. The Morgan fingerprint density at radius 3 is 2.33 bits per heavy atom. The van der Waals surface area contributed by atoms with Crippen molar-refractivity contribution in [3.05, 3.63) is 87.8 Å². The minimum absolute atomic E-state index is 0.0515.